The molecule has 2 aliphatic rings. The van der Waals surface area contributed by atoms with Crippen molar-refractivity contribution in [3.63, 3.8) is 0 Å². The Morgan fingerprint density at radius 2 is 1.94 bits per heavy atom. The zero-order valence-corrected chi connectivity index (χ0v) is 19.6. The van der Waals surface area contributed by atoms with Crippen molar-refractivity contribution in [3.05, 3.63) is 53.3 Å². The summed E-state index contributed by atoms with van der Waals surface area (Å²) in [6.07, 6.45) is 7.80. The van der Waals surface area contributed by atoms with Crippen LogP contribution in [-0.4, -0.2) is 53.3 Å². The molecule has 2 aromatic rings. The Bertz CT molecular complexity index is 910. The number of rotatable bonds is 6. The molecule has 6 nitrogen and oxygen atoms in total. The van der Waals surface area contributed by atoms with Gasteiger partial charge in [0.2, 0.25) is 5.91 Å². The van der Waals surface area contributed by atoms with Gasteiger partial charge in [-0.15, -0.1) is 0 Å². The number of amides is 1. The number of ether oxygens (including phenoxy) is 1. The van der Waals surface area contributed by atoms with Crippen molar-refractivity contribution in [1.82, 2.24) is 20.2 Å². The van der Waals surface area contributed by atoms with E-state index in [1.165, 1.54) is 11.1 Å². The van der Waals surface area contributed by atoms with Gasteiger partial charge in [0.25, 0.3) is 0 Å². The van der Waals surface area contributed by atoms with Crippen LogP contribution in [0.15, 0.2) is 41.8 Å². The van der Waals surface area contributed by atoms with Gasteiger partial charge in [0, 0.05) is 42.9 Å². The minimum Gasteiger partial charge on any atom is -0.378 e. The van der Waals surface area contributed by atoms with Crippen molar-refractivity contribution in [2.24, 2.45) is 5.92 Å². The van der Waals surface area contributed by atoms with E-state index < -0.39 is 0 Å². The van der Waals surface area contributed by atoms with E-state index in [0.717, 1.165) is 43.2 Å². The number of nitrogens with one attached hydrogen (secondary N) is 1. The first kappa shape index (κ1) is 22.2. The smallest absolute Gasteiger partial charge is 0.223 e. The Hall–Kier alpha value is -1.96. The molecule has 1 spiro atoms. The van der Waals surface area contributed by atoms with Crippen LogP contribution in [0.25, 0.3) is 0 Å². The van der Waals surface area contributed by atoms with Crippen molar-refractivity contribution in [2.75, 3.05) is 26.5 Å². The SMILES string of the molecule is CO[C@H]1[C@H](NC(=O)C(C)C)c2ccccc2C12CCN(Cc1cnc(SC)nc1)CC2. The highest BCUT2D eigenvalue weighted by Gasteiger charge is 2.53. The predicted molar refractivity (Wildman–Crippen MR) is 123 cm³/mol. The third-order valence-electron chi connectivity index (χ3n) is 6.77. The van der Waals surface area contributed by atoms with Crippen LogP contribution >= 0.6 is 11.8 Å². The predicted octanol–water partition coefficient (Wildman–Crippen LogP) is 3.57. The van der Waals surface area contributed by atoms with Gasteiger partial charge in [-0.2, -0.15) is 0 Å². The lowest BCUT2D eigenvalue weighted by Crippen LogP contribution is -2.50. The molecular formula is C24H32N4O2S. The van der Waals surface area contributed by atoms with Crippen molar-refractivity contribution in [3.8, 4) is 0 Å². The van der Waals surface area contributed by atoms with Gasteiger partial charge >= 0.3 is 0 Å². The number of carbonyl (C=O) groups is 1. The first-order valence-corrected chi connectivity index (χ1v) is 12.2. The van der Waals surface area contributed by atoms with Gasteiger partial charge in [0.15, 0.2) is 5.16 Å². The molecule has 31 heavy (non-hydrogen) atoms. The Morgan fingerprint density at radius 3 is 2.55 bits per heavy atom. The third-order valence-corrected chi connectivity index (χ3v) is 7.35. The maximum atomic E-state index is 12.6. The van der Waals surface area contributed by atoms with Gasteiger partial charge in [-0.05, 0) is 43.3 Å². The molecule has 7 heteroatoms. The molecule has 2 atom stereocenters. The Morgan fingerprint density at radius 1 is 1.26 bits per heavy atom. The fourth-order valence-corrected chi connectivity index (χ4v) is 5.46. The number of piperidine rings is 1. The second-order valence-corrected chi connectivity index (χ2v) is 9.67. The van der Waals surface area contributed by atoms with Gasteiger partial charge in [0.1, 0.15) is 0 Å². The van der Waals surface area contributed by atoms with E-state index in [1.807, 2.05) is 32.5 Å². The molecule has 4 rings (SSSR count). The topological polar surface area (TPSA) is 67.3 Å². The Labute approximate surface area is 189 Å². The molecule has 1 aliphatic carbocycles. The van der Waals surface area contributed by atoms with Crippen molar-refractivity contribution < 1.29 is 9.53 Å². The number of aromatic nitrogens is 2. The summed E-state index contributed by atoms with van der Waals surface area (Å²) in [6, 6.07) is 8.45. The highest BCUT2D eigenvalue weighted by atomic mass is 32.2. The lowest BCUT2D eigenvalue weighted by atomic mass is 9.72. The van der Waals surface area contributed by atoms with E-state index >= 15 is 0 Å². The molecular weight excluding hydrogens is 408 g/mol. The number of hydrogen-bond acceptors (Lipinski definition) is 6. The zero-order valence-electron chi connectivity index (χ0n) is 18.8. The molecule has 0 unspecified atom stereocenters. The fourth-order valence-electron chi connectivity index (χ4n) is 5.14. The number of benzene rings is 1. The van der Waals surface area contributed by atoms with E-state index in [2.05, 4.69) is 44.5 Å². The summed E-state index contributed by atoms with van der Waals surface area (Å²) in [4.78, 5) is 23.8. The molecule has 1 aromatic heterocycles. The van der Waals surface area contributed by atoms with E-state index in [1.54, 1.807) is 18.9 Å². The van der Waals surface area contributed by atoms with Crippen LogP contribution < -0.4 is 5.32 Å². The third kappa shape index (κ3) is 4.23. The number of thioether (sulfide) groups is 1. The van der Waals surface area contributed by atoms with Gasteiger partial charge in [0.05, 0.1) is 12.1 Å². The molecule has 0 bridgehead atoms. The summed E-state index contributed by atoms with van der Waals surface area (Å²) >= 11 is 1.56. The average molecular weight is 441 g/mol. The Balaban J connectivity index is 1.53. The Kier molecular flexibility index (Phi) is 6.65. The summed E-state index contributed by atoms with van der Waals surface area (Å²) in [5.41, 5.74) is 3.61. The molecule has 166 valence electrons. The van der Waals surface area contributed by atoms with Crippen LogP contribution in [0.1, 0.15) is 49.4 Å². The average Bonchev–Trinajstić information content (AvgIpc) is 3.04. The molecule has 1 saturated heterocycles. The fraction of sp³-hybridized carbons (Fsp3) is 0.542. The van der Waals surface area contributed by atoms with Crippen LogP contribution in [0.5, 0.6) is 0 Å². The van der Waals surface area contributed by atoms with Crippen molar-refractivity contribution >= 4 is 17.7 Å². The molecule has 1 aromatic carbocycles. The van der Waals surface area contributed by atoms with Crippen molar-refractivity contribution in [1.29, 1.82) is 0 Å². The van der Waals surface area contributed by atoms with Gasteiger partial charge in [-0.25, -0.2) is 9.97 Å². The minimum atomic E-state index is -0.102. The minimum absolute atomic E-state index is 0.0530. The maximum Gasteiger partial charge on any atom is 0.223 e. The first-order chi connectivity index (χ1) is 15.0. The maximum absolute atomic E-state index is 12.6. The van der Waals surface area contributed by atoms with E-state index in [9.17, 15) is 4.79 Å². The second kappa shape index (κ2) is 9.27. The molecule has 1 amide bonds. The molecule has 2 heterocycles. The lowest BCUT2D eigenvalue weighted by molar-refractivity contribution is -0.126. The van der Waals surface area contributed by atoms with Gasteiger partial charge in [-0.3, -0.25) is 9.69 Å². The number of hydrogen-bond donors (Lipinski definition) is 1. The van der Waals surface area contributed by atoms with Crippen LogP contribution in [0.4, 0.5) is 0 Å². The summed E-state index contributed by atoms with van der Waals surface area (Å²) in [6.45, 7) is 6.67. The normalized spacial score (nSPS) is 22.6. The van der Waals surface area contributed by atoms with Crippen LogP contribution in [-0.2, 0) is 21.5 Å². The molecule has 1 aliphatic heterocycles. The second-order valence-electron chi connectivity index (χ2n) is 8.89. The molecule has 0 saturated carbocycles. The van der Waals surface area contributed by atoms with Crippen LogP contribution in [0.2, 0.25) is 0 Å². The lowest BCUT2D eigenvalue weighted by Gasteiger charge is -2.44. The molecule has 1 N–H and O–H groups in total. The number of nitrogens with zero attached hydrogens (tertiary/aromatic N) is 3. The summed E-state index contributed by atoms with van der Waals surface area (Å²) in [5.74, 6) is 0.0211. The number of fused-ring (bicyclic) bond motifs is 2. The monoisotopic (exact) mass is 440 g/mol. The first-order valence-electron chi connectivity index (χ1n) is 11.0. The number of methoxy groups -OCH3 is 1. The van der Waals surface area contributed by atoms with Crippen LogP contribution in [0.3, 0.4) is 0 Å². The number of carbonyl (C=O) groups excluding carboxylic acids is 1. The summed E-state index contributed by atoms with van der Waals surface area (Å²) in [7, 11) is 1.78. The summed E-state index contributed by atoms with van der Waals surface area (Å²) in [5, 5.41) is 4.08. The molecule has 0 radical (unpaired) electrons. The van der Waals surface area contributed by atoms with Crippen LogP contribution in [0, 0.1) is 5.92 Å². The van der Waals surface area contributed by atoms with E-state index in [0.29, 0.717) is 0 Å². The van der Waals surface area contributed by atoms with E-state index in [4.69, 9.17) is 4.74 Å². The summed E-state index contributed by atoms with van der Waals surface area (Å²) < 4.78 is 6.10. The highest BCUT2D eigenvalue weighted by molar-refractivity contribution is 7.98. The van der Waals surface area contributed by atoms with Gasteiger partial charge in [-0.1, -0.05) is 49.9 Å². The molecule has 1 fully saturated rings. The quantitative estimate of drug-likeness (QED) is 0.547. The van der Waals surface area contributed by atoms with Gasteiger partial charge < -0.3 is 10.1 Å². The highest BCUT2D eigenvalue weighted by Crippen LogP contribution is 2.52. The number of likely N-dealkylation sites (tertiary alicyclic amines) is 1. The zero-order chi connectivity index (χ0) is 22.0. The van der Waals surface area contributed by atoms with Crippen molar-refractivity contribution in [2.45, 2.75) is 56.0 Å². The largest absolute Gasteiger partial charge is 0.378 e. The standard InChI is InChI=1S/C24H32N4O2S/c1-16(2)22(29)27-20-18-7-5-6-8-19(18)24(21(20)30-3)9-11-28(12-10-24)15-17-13-25-23(31-4)26-14-17/h5-8,13-14,16,20-21H,9-12,15H2,1-4H3,(H,27,29)/t20-,21+/m1/s1. The van der Waals surface area contributed by atoms with E-state index in [-0.39, 0.29) is 29.4 Å².